The van der Waals surface area contributed by atoms with Gasteiger partial charge in [-0.05, 0) is 48.7 Å². The van der Waals surface area contributed by atoms with Gasteiger partial charge in [0.1, 0.15) is 5.75 Å². The number of carbonyl (C=O) groups is 3. The average Bonchev–Trinajstić information content (AvgIpc) is 2.95. The first-order chi connectivity index (χ1) is 18.3. The molecule has 0 saturated carbocycles. The van der Waals surface area contributed by atoms with E-state index in [-0.39, 0.29) is 29.6 Å². The Bertz CT molecular complexity index is 1250. The number of benzene rings is 3. The molecular formula is C29H32N2O7. The molecule has 0 unspecified atom stereocenters. The van der Waals surface area contributed by atoms with E-state index in [1.807, 2.05) is 37.3 Å². The third-order valence-electron chi connectivity index (χ3n) is 5.74. The molecule has 0 aliphatic rings. The van der Waals surface area contributed by atoms with E-state index in [0.29, 0.717) is 18.0 Å². The van der Waals surface area contributed by atoms with Gasteiger partial charge in [0.25, 0.3) is 11.8 Å². The van der Waals surface area contributed by atoms with E-state index < -0.39 is 23.9 Å². The highest BCUT2D eigenvalue weighted by atomic mass is 16.5. The zero-order valence-electron chi connectivity index (χ0n) is 21.9. The Balaban J connectivity index is 1.53. The first-order valence-electron chi connectivity index (χ1n) is 12.1. The van der Waals surface area contributed by atoms with E-state index in [1.165, 1.54) is 39.3 Å². The molecule has 0 heterocycles. The lowest BCUT2D eigenvalue weighted by Crippen LogP contribution is -2.37. The van der Waals surface area contributed by atoms with Crippen molar-refractivity contribution in [3.63, 3.8) is 0 Å². The summed E-state index contributed by atoms with van der Waals surface area (Å²) in [5.74, 6) is -0.358. The van der Waals surface area contributed by atoms with Gasteiger partial charge in [0, 0.05) is 6.54 Å². The second kappa shape index (κ2) is 13.7. The number of rotatable bonds is 12. The molecule has 0 spiro atoms. The Kier molecular flexibility index (Phi) is 10.1. The summed E-state index contributed by atoms with van der Waals surface area (Å²) in [6.45, 7) is 3.63. The van der Waals surface area contributed by atoms with E-state index in [4.69, 9.17) is 18.9 Å². The van der Waals surface area contributed by atoms with Crippen LogP contribution < -0.4 is 24.8 Å². The minimum absolute atomic E-state index is 0.108. The van der Waals surface area contributed by atoms with Gasteiger partial charge in [-0.3, -0.25) is 9.59 Å². The van der Waals surface area contributed by atoms with Crippen molar-refractivity contribution >= 4 is 23.5 Å². The molecule has 38 heavy (non-hydrogen) atoms. The van der Waals surface area contributed by atoms with Crippen LogP contribution in [-0.2, 0) is 14.3 Å². The number of hydrogen-bond acceptors (Lipinski definition) is 7. The van der Waals surface area contributed by atoms with Crippen LogP contribution in [0.3, 0.4) is 0 Å². The minimum atomic E-state index is -0.994. The molecule has 3 aromatic carbocycles. The summed E-state index contributed by atoms with van der Waals surface area (Å²) in [5, 5.41) is 5.53. The van der Waals surface area contributed by atoms with E-state index in [1.54, 1.807) is 24.3 Å². The molecule has 2 amide bonds. The van der Waals surface area contributed by atoms with Crippen LogP contribution in [0.4, 0.5) is 5.69 Å². The molecule has 3 aromatic rings. The third-order valence-corrected chi connectivity index (χ3v) is 5.74. The Morgan fingerprint density at radius 3 is 2.21 bits per heavy atom. The van der Waals surface area contributed by atoms with Gasteiger partial charge in [0.2, 0.25) is 0 Å². The molecule has 0 bridgehead atoms. The molecule has 0 fully saturated rings. The molecule has 0 aliphatic heterocycles. The standard InChI is InChI=1S/C29H32N2O7/c1-19(21-10-6-5-7-11-21)17-30-28(33)20(2)38-29(34)22-14-15-25(26(16-22)36-4)37-18-27(32)31-23-12-8-9-13-24(23)35-3/h5-16,19-20H,17-18H2,1-4H3,(H,30,33)(H,31,32)/t19-,20-/m0/s1. The van der Waals surface area contributed by atoms with Crippen molar-refractivity contribution in [2.45, 2.75) is 25.9 Å². The molecule has 0 aromatic heterocycles. The first kappa shape index (κ1) is 28.0. The van der Waals surface area contributed by atoms with Crippen molar-refractivity contribution in [1.29, 1.82) is 0 Å². The smallest absolute Gasteiger partial charge is 0.339 e. The molecule has 200 valence electrons. The zero-order chi connectivity index (χ0) is 27.5. The van der Waals surface area contributed by atoms with Crippen LogP contribution in [-0.4, -0.2) is 51.3 Å². The number of amides is 2. The van der Waals surface area contributed by atoms with Gasteiger partial charge in [-0.1, -0.05) is 49.4 Å². The predicted molar refractivity (Wildman–Crippen MR) is 143 cm³/mol. The number of nitrogens with one attached hydrogen (secondary N) is 2. The van der Waals surface area contributed by atoms with E-state index >= 15 is 0 Å². The van der Waals surface area contributed by atoms with E-state index in [0.717, 1.165) is 5.56 Å². The fourth-order valence-corrected chi connectivity index (χ4v) is 3.57. The minimum Gasteiger partial charge on any atom is -0.495 e. The lowest BCUT2D eigenvalue weighted by molar-refractivity contribution is -0.129. The molecule has 0 aliphatic carbocycles. The summed E-state index contributed by atoms with van der Waals surface area (Å²) in [6, 6.07) is 21.2. The third kappa shape index (κ3) is 7.73. The first-order valence-corrected chi connectivity index (χ1v) is 12.1. The summed E-state index contributed by atoms with van der Waals surface area (Å²) in [4.78, 5) is 37.5. The van der Waals surface area contributed by atoms with Crippen LogP contribution in [0.5, 0.6) is 17.2 Å². The Labute approximate surface area is 222 Å². The molecule has 0 saturated heterocycles. The number of carbonyl (C=O) groups excluding carboxylic acids is 3. The molecule has 3 rings (SSSR count). The summed E-state index contributed by atoms with van der Waals surface area (Å²) in [7, 11) is 2.93. The monoisotopic (exact) mass is 520 g/mol. The van der Waals surface area contributed by atoms with Crippen molar-refractivity contribution in [2.75, 3.05) is 32.7 Å². The quantitative estimate of drug-likeness (QED) is 0.345. The number of ether oxygens (including phenoxy) is 4. The summed E-state index contributed by atoms with van der Waals surface area (Å²) in [5.41, 5.74) is 1.79. The van der Waals surface area contributed by atoms with Crippen molar-refractivity contribution < 1.29 is 33.3 Å². The van der Waals surface area contributed by atoms with Gasteiger partial charge in [-0.2, -0.15) is 0 Å². The van der Waals surface area contributed by atoms with Crippen LogP contribution in [0.15, 0.2) is 72.8 Å². The van der Waals surface area contributed by atoms with Crippen LogP contribution in [0.1, 0.15) is 35.7 Å². The maximum absolute atomic E-state index is 12.7. The zero-order valence-corrected chi connectivity index (χ0v) is 21.9. The molecule has 9 nitrogen and oxygen atoms in total. The normalized spacial score (nSPS) is 12.0. The maximum atomic E-state index is 12.7. The number of para-hydroxylation sites is 2. The molecular weight excluding hydrogens is 488 g/mol. The molecule has 0 radical (unpaired) electrons. The SMILES string of the molecule is COc1ccccc1NC(=O)COc1ccc(C(=O)O[C@@H](C)C(=O)NC[C@H](C)c2ccccc2)cc1OC. The van der Waals surface area contributed by atoms with Crippen molar-refractivity contribution in [2.24, 2.45) is 0 Å². The predicted octanol–water partition coefficient (Wildman–Crippen LogP) is 4.19. The second-order valence-corrected chi connectivity index (χ2v) is 8.51. The summed E-state index contributed by atoms with van der Waals surface area (Å²) < 4.78 is 21.5. The van der Waals surface area contributed by atoms with Gasteiger partial charge >= 0.3 is 5.97 Å². The highest BCUT2D eigenvalue weighted by Crippen LogP contribution is 2.29. The lowest BCUT2D eigenvalue weighted by atomic mass is 10.0. The Hall–Kier alpha value is -4.53. The van der Waals surface area contributed by atoms with Crippen LogP contribution >= 0.6 is 0 Å². The largest absolute Gasteiger partial charge is 0.495 e. The highest BCUT2D eigenvalue weighted by molar-refractivity contribution is 5.94. The highest BCUT2D eigenvalue weighted by Gasteiger charge is 2.21. The van der Waals surface area contributed by atoms with Crippen molar-refractivity contribution in [1.82, 2.24) is 5.32 Å². The van der Waals surface area contributed by atoms with E-state index in [2.05, 4.69) is 10.6 Å². The number of hydrogen-bond donors (Lipinski definition) is 2. The van der Waals surface area contributed by atoms with Crippen LogP contribution in [0, 0.1) is 0 Å². The van der Waals surface area contributed by atoms with Gasteiger partial charge in [-0.25, -0.2) is 4.79 Å². The number of esters is 1. The maximum Gasteiger partial charge on any atom is 0.339 e. The molecule has 2 atom stereocenters. The van der Waals surface area contributed by atoms with Crippen molar-refractivity contribution in [3.8, 4) is 17.2 Å². The lowest BCUT2D eigenvalue weighted by Gasteiger charge is -2.17. The summed E-state index contributed by atoms with van der Waals surface area (Å²) in [6.07, 6.45) is -0.994. The van der Waals surface area contributed by atoms with Gasteiger partial charge in [0.15, 0.2) is 24.2 Å². The topological polar surface area (TPSA) is 112 Å². The summed E-state index contributed by atoms with van der Waals surface area (Å²) >= 11 is 0. The Morgan fingerprint density at radius 2 is 1.50 bits per heavy atom. The number of anilines is 1. The van der Waals surface area contributed by atoms with Crippen molar-refractivity contribution in [3.05, 3.63) is 83.9 Å². The van der Waals surface area contributed by atoms with E-state index in [9.17, 15) is 14.4 Å². The van der Waals surface area contributed by atoms with Crippen LogP contribution in [0.25, 0.3) is 0 Å². The average molecular weight is 521 g/mol. The fourth-order valence-electron chi connectivity index (χ4n) is 3.57. The van der Waals surface area contributed by atoms with Gasteiger partial charge in [0.05, 0.1) is 25.5 Å². The number of methoxy groups -OCH3 is 2. The second-order valence-electron chi connectivity index (χ2n) is 8.51. The Morgan fingerprint density at radius 1 is 0.816 bits per heavy atom. The fraction of sp³-hybridized carbons (Fsp3) is 0.276. The van der Waals surface area contributed by atoms with Gasteiger partial charge in [-0.15, -0.1) is 0 Å². The van der Waals surface area contributed by atoms with Gasteiger partial charge < -0.3 is 29.6 Å². The van der Waals surface area contributed by atoms with Crippen LogP contribution in [0.2, 0.25) is 0 Å². The molecule has 2 N–H and O–H groups in total. The molecule has 9 heteroatoms.